The topological polar surface area (TPSA) is 75.6 Å². The van der Waals surface area contributed by atoms with Crippen LogP contribution in [0.2, 0.25) is 23.2 Å². The Bertz CT molecular complexity index is 1430. The summed E-state index contributed by atoms with van der Waals surface area (Å²) in [5.74, 6) is -0.0795. The van der Waals surface area contributed by atoms with Gasteiger partial charge in [-0.15, -0.1) is 0 Å². The van der Waals surface area contributed by atoms with Crippen LogP contribution in [0.4, 0.5) is 0 Å². The number of hydrogen-bond acceptors (Lipinski definition) is 7. The Hall–Kier alpha value is -2.35. The first kappa shape index (κ1) is 40.4. The first-order valence-corrected chi connectivity index (χ1v) is 22.8. The summed E-state index contributed by atoms with van der Waals surface area (Å²) >= 11 is 0. The molecule has 0 unspecified atom stereocenters. The summed E-state index contributed by atoms with van der Waals surface area (Å²) in [6.45, 7) is 22.9. The normalized spacial score (nSPS) is 20.5. The van der Waals surface area contributed by atoms with Crippen molar-refractivity contribution in [3.8, 4) is 5.75 Å². The van der Waals surface area contributed by atoms with Crippen LogP contribution < -0.4 is 15.1 Å². The van der Waals surface area contributed by atoms with E-state index in [1.165, 1.54) is 10.4 Å². The van der Waals surface area contributed by atoms with Gasteiger partial charge in [-0.25, -0.2) is 0 Å². The number of aliphatic hydroxyl groups excluding tert-OH is 1. The van der Waals surface area contributed by atoms with Gasteiger partial charge in [0.05, 0.1) is 39.1 Å². The zero-order valence-corrected chi connectivity index (χ0v) is 34.4. The summed E-state index contributed by atoms with van der Waals surface area (Å²) in [4.78, 5) is 0. The van der Waals surface area contributed by atoms with Crippen LogP contribution in [-0.4, -0.2) is 72.3 Å². The van der Waals surface area contributed by atoms with Crippen molar-refractivity contribution in [2.45, 2.75) is 122 Å². The number of ether oxygens (including phenoxy) is 4. The van der Waals surface area contributed by atoms with E-state index in [9.17, 15) is 5.11 Å². The van der Waals surface area contributed by atoms with Crippen LogP contribution >= 0.6 is 0 Å². The van der Waals surface area contributed by atoms with Crippen molar-refractivity contribution in [1.29, 1.82) is 0 Å². The van der Waals surface area contributed by atoms with E-state index in [0.29, 0.717) is 32.7 Å². The standard InChI is InChI=1S/C41H62O7Si2/c1-38(2,3)49(10,11)47-34(30-44-29-32-22-24-33(43-9)25-23-32)28-37-41(31-42,48-40(7,8)46-37)26-27-45-50(39(4,5)6,35-18-14-12-15-19-35)36-20-16-13-17-21-36/h12-25,34,37,42H,26-31H2,1-11H3/t34-,37-,41-/m1/s1. The van der Waals surface area contributed by atoms with Crippen molar-refractivity contribution >= 4 is 27.0 Å². The Labute approximate surface area is 303 Å². The highest BCUT2D eigenvalue weighted by molar-refractivity contribution is 6.99. The third kappa shape index (κ3) is 9.35. The van der Waals surface area contributed by atoms with Gasteiger partial charge in [-0.2, -0.15) is 0 Å². The zero-order valence-electron chi connectivity index (χ0n) is 32.4. The van der Waals surface area contributed by atoms with Crippen molar-refractivity contribution < 1.29 is 32.9 Å². The molecule has 50 heavy (non-hydrogen) atoms. The van der Waals surface area contributed by atoms with E-state index in [1.54, 1.807) is 7.11 Å². The molecule has 3 atom stereocenters. The molecule has 0 aromatic heterocycles. The maximum absolute atomic E-state index is 11.2. The predicted molar refractivity (Wildman–Crippen MR) is 207 cm³/mol. The lowest BCUT2D eigenvalue weighted by atomic mass is 9.90. The summed E-state index contributed by atoms with van der Waals surface area (Å²) in [5.41, 5.74) is 0.0727. The van der Waals surface area contributed by atoms with Crippen LogP contribution in [0.25, 0.3) is 0 Å². The maximum Gasteiger partial charge on any atom is 0.261 e. The molecule has 1 fully saturated rings. The molecule has 1 saturated heterocycles. The molecule has 1 N–H and O–H groups in total. The smallest absolute Gasteiger partial charge is 0.261 e. The van der Waals surface area contributed by atoms with Gasteiger partial charge in [0.15, 0.2) is 14.1 Å². The van der Waals surface area contributed by atoms with Crippen LogP contribution in [-0.2, 0) is 29.7 Å². The second-order valence-corrected chi connectivity index (χ2v) is 25.8. The second kappa shape index (κ2) is 16.1. The highest BCUT2D eigenvalue weighted by Gasteiger charge is 2.55. The van der Waals surface area contributed by atoms with Gasteiger partial charge in [0, 0.05) is 19.4 Å². The number of methoxy groups -OCH3 is 1. The summed E-state index contributed by atoms with van der Waals surface area (Å²) in [6.07, 6.45) is 0.268. The van der Waals surface area contributed by atoms with Gasteiger partial charge in [-0.3, -0.25) is 0 Å². The molecule has 0 saturated carbocycles. The van der Waals surface area contributed by atoms with Gasteiger partial charge >= 0.3 is 0 Å². The number of rotatable bonds is 16. The molecule has 9 heteroatoms. The summed E-state index contributed by atoms with van der Waals surface area (Å²) < 4.78 is 39.2. The van der Waals surface area contributed by atoms with E-state index in [1.807, 2.05) is 38.1 Å². The molecule has 4 rings (SSSR count). The monoisotopic (exact) mass is 722 g/mol. The summed E-state index contributed by atoms with van der Waals surface area (Å²) in [6, 6.07) is 29.2. The Morgan fingerprint density at radius 3 is 1.86 bits per heavy atom. The first-order chi connectivity index (χ1) is 23.4. The highest BCUT2D eigenvalue weighted by Crippen LogP contribution is 2.44. The Kier molecular flexibility index (Phi) is 13.0. The van der Waals surface area contributed by atoms with Crippen LogP contribution in [0.3, 0.4) is 0 Å². The summed E-state index contributed by atoms with van der Waals surface area (Å²) in [5, 5.41) is 13.4. The fourth-order valence-electron chi connectivity index (χ4n) is 6.87. The van der Waals surface area contributed by atoms with Crippen molar-refractivity contribution in [3.63, 3.8) is 0 Å². The second-order valence-electron chi connectivity index (χ2n) is 16.7. The minimum Gasteiger partial charge on any atom is -0.497 e. The predicted octanol–water partition coefficient (Wildman–Crippen LogP) is 7.84. The van der Waals surface area contributed by atoms with Crippen LogP contribution in [0.1, 0.15) is 73.8 Å². The highest BCUT2D eigenvalue weighted by atomic mass is 28.4. The fourth-order valence-corrected chi connectivity index (χ4v) is 12.8. The van der Waals surface area contributed by atoms with E-state index < -0.39 is 34.1 Å². The average molecular weight is 723 g/mol. The molecule has 0 radical (unpaired) electrons. The SMILES string of the molecule is COc1ccc(COC[C@@H](C[C@H]2OC(C)(C)O[C@@]2(CO)CCO[Si](c2ccccc2)(c2ccccc2)C(C)(C)C)O[Si](C)(C)C(C)(C)C)cc1. The maximum atomic E-state index is 11.2. The molecular formula is C41H62O7Si2. The molecule has 3 aromatic rings. The molecular weight excluding hydrogens is 661 g/mol. The third-order valence-electron chi connectivity index (χ3n) is 10.5. The zero-order chi connectivity index (χ0) is 36.8. The van der Waals surface area contributed by atoms with Gasteiger partial charge in [0.1, 0.15) is 11.4 Å². The number of aliphatic hydroxyl groups is 1. The average Bonchev–Trinajstić information content (AvgIpc) is 3.31. The van der Waals surface area contributed by atoms with Crippen LogP contribution in [0, 0.1) is 0 Å². The van der Waals surface area contributed by atoms with E-state index >= 15 is 0 Å². The molecule has 1 aliphatic heterocycles. The Balaban J connectivity index is 1.60. The number of benzene rings is 3. The molecule has 7 nitrogen and oxygen atoms in total. The van der Waals surface area contributed by atoms with Crippen LogP contribution in [0.15, 0.2) is 84.9 Å². The molecule has 1 heterocycles. The molecule has 0 aliphatic carbocycles. The lowest BCUT2D eigenvalue weighted by molar-refractivity contribution is -0.173. The third-order valence-corrected chi connectivity index (χ3v) is 20.0. The lowest BCUT2D eigenvalue weighted by Crippen LogP contribution is -2.67. The van der Waals surface area contributed by atoms with Crippen molar-refractivity contribution in [2.24, 2.45) is 0 Å². The van der Waals surface area contributed by atoms with Crippen molar-refractivity contribution in [3.05, 3.63) is 90.5 Å². The Morgan fingerprint density at radius 1 is 0.820 bits per heavy atom. The Morgan fingerprint density at radius 2 is 1.38 bits per heavy atom. The van der Waals surface area contributed by atoms with E-state index in [4.69, 9.17) is 27.8 Å². The van der Waals surface area contributed by atoms with Crippen molar-refractivity contribution in [2.75, 3.05) is 26.9 Å². The summed E-state index contributed by atoms with van der Waals surface area (Å²) in [7, 11) is -3.32. The lowest BCUT2D eigenvalue weighted by Gasteiger charge is -2.44. The fraction of sp³-hybridized carbons (Fsp3) is 0.561. The molecule has 276 valence electrons. The largest absolute Gasteiger partial charge is 0.497 e. The van der Waals surface area contributed by atoms with E-state index in [2.05, 4.69) is 115 Å². The van der Waals surface area contributed by atoms with Gasteiger partial charge in [-0.1, -0.05) is 114 Å². The molecule has 1 aliphatic rings. The minimum absolute atomic E-state index is 0.00519. The van der Waals surface area contributed by atoms with Crippen LogP contribution in [0.5, 0.6) is 5.75 Å². The van der Waals surface area contributed by atoms with E-state index in [-0.39, 0.29) is 22.8 Å². The molecule has 3 aromatic carbocycles. The minimum atomic E-state index is -2.79. The van der Waals surface area contributed by atoms with Gasteiger partial charge in [0.2, 0.25) is 0 Å². The van der Waals surface area contributed by atoms with Gasteiger partial charge < -0.3 is 32.9 Å². The molecule has 0 spiro atoms. The van der Waals surface area contributed by atoms with Gasteiger partial charge in [0.25, 0.3) is 8.32 Å². The van der Waals surface area contributed by atoms with E-state index in [0.717, 1.165) is 11.3 Å². The molecule has 0 amide bonds. The molecule has 0 bridgehead atoms. The van der Waals surface area contributed by atoms with Gasteiger partial charge in [-0.05, 0) is 65.1 Å². The number of hydrogen-bond donors (Lipinski definition) is 1. The van der Waals surface area contributed by atoms with Crippen molar-refractivity contribution in [1.82, 2.24) is 0 Å². The quantitative estimate of drug-likeness (QED) is 0.151. The first-order valence-electron chi connectivity index (χ1n) is 18.0.